The van der Waals surface area contributed by atoms with Gasteiger partial charge in [-0.25, -0.2) is 0 Å². The number of nitrogens with zero attached hydrogens (tertiary/aromatic N) is 4. The van der Waals surface area contributed by atoms with Gasteiger partial charge in [-0.1, -0.05) is 170 Å². The summed E-state index contributed by atoms with van der Waals surface area (Å²) in [5.41, 5.74) is 17.3. The van der Waals surface area contributed by atoms with E-state index in [1.807, 2.05) is 34.8 Å². The lowest BCUT2D eigenvalue weighted by atomic mass is 10.1. The van der Waals surface area contributed by atoms with E-state index in [1.54, 1.807) is 0 Å². The first-order valence-corrected chi connectivity index (χ1v) is 32.7. The molecule has 0 atom stereocenters. The molecule has 0 radical (unpaired) electrons. The molecular weight excluding hydrogens is 1160 g/mol. The third-order valence-corrected chi connectivity index (χ3v) is 20.7. The Morgan fingerprint density at radius 1 is 0.239 bits per heavy atom. The standard InChI is InChI=1S/2C42H26N2OS/c1-2-12-27(13-3-1)43-34-18-7-4-14-29(34)33-26-28(24-25-35(33)43)44(36-19-11-22-39-41(36)32-16-5-8-21-38(32)45-39)37-20-10-17-31-30-15-6-9-23-40(30)46-42(31)37;1-2-11-27(12-3-1)44-35-16-7-4-13-30(35)33-25-28(21-23-36(33)44)43(29-22-24-41-34(26-29)31-14-6-9-20-40(31)46-41)37-17-10-19-39-42(37)32-15-5-8-18-38(32)45-39/h2*1-26H. The molecule has 92 heavy (non-hydrogen) atoms. The zero-order chi connectivity index (χ0) is 60.4. The number of rotatable bonds is 8. The van der Waals surface area contributed by atoms with Crippen molar-refractivity contribution in [3.05, 3.63) is 315 Å². The van der Waals surface area contributed by atoms with Crippen LogP contribution in [0.15, 0.2) is 324 Å². The summed E-state index contributed by atoms with van der Waals surface area (Å²) >= 11 is 3.70. The quantitative estimate of drug-likeness (QED) is 0.152. The number of aromatic nitrogens is 2. The Balaban J connectivity index is 0.000000132. The van der Waals surface area contributed by atoms with Crippen LogP contribution < -0.4 is 9.80 Å². The molecule has 0 unspecified atom stereocenters. The highest BCUT2D eigenvalue weighted by Crippen LogP contribution is 2.51. The van der Waals surface area contributed by atoms with Crippen LogP contribution in [0.25, 0.3) is 139 Å². The third-order valence-electron chi connectivity index (χ3n) is 18.3. The lowest BCUT2D eigenvalue weighted by molar-refractivity contribution is 0.668. The molecule has 6 aromatic heterocycles. The lowest BCUT2D eigenvalue weighted by Crippen LogP contribution is -2.10. The number of hydrogen-bond donors (Lipinski definition) is 0. The molecule has 0 saturated heterocycles. The minimum atomic E-state index is 0.882. The molecule has 0 bridgehead atoms. The molecule has 20 aromatic rings. The first-order valence-electron chi connectivity index (χ1n) is 31.0. The first kappa shape index (κ1) is 52.3. The van der Waals surface area contributed by atoms with Crippen molar-refractivity contribution in [3.8, 4) is 11.4 Å². The fourth-order valence-corrected chi connectivity index (χ4v) is 16.7. The normalized spacial score (nSPS) is 11.9. The molecule has 0 aliphatic heterocycles. The number of para-hydroxylation sites is 6. The second-order valence-electron chi connectivity index (χ2n) is 23.5. The third kappa shape index (κ3) is 8.18. The number of benzene rings is 14. The maximum atomic E-state index is 6.40. The summed E-state index contributed by atoms with van der Waals surface area (Å²) in [7, 11) is 0. The summed E-state index contributed by atoms with van der Waals surface area (Å²) < 4.78 is 22.7. The Morgan fingerprint density at radius 2 is 0.620 bits per heavy atom. The highest BCUT2D eigenvalue weighted by atomic mass is 32.1. The molecule has 6 heterocycles. The molecule has 432 valence electrons. The number of anilines is 6. The van der Waals surface area contributed by atoms with Crippen molar-refractivity contribution in [2.75, 3.05) is 9.80 Å². The van der Waals surface area contributed by atoms with Gasteiger partial charge in [-0.3, -0.25) is 0 Å². The SMILES string of the molecule is c1ccc(-n2c3ccccc3c3cc(N(c4ccc5sc6ccccc6c5c4)c4cccc5oc6ccccc6c45)ccc32)cc1.c1ccc(-n2c3ccccc3c3cc(N(c4cccc5c4sc4ccccc45)c4cccc5oc6ccccc6c45)ccc32)cc1. The van der Waals surface area contributed by atoms with Gasteiger partial charge in [-0.2, -0.15) is 0 Å². The van der Waals surface area contributed by atoms with Crippen molar-refractivity contribution in [3.63, 3.8) is 0 Å². The minimum absolute atomic E-state index is 0.882. The van der Waals surface area contributed by atoms with Gasteiger partial charge in [0.25, 0.3) is 0 Å². The second kappa shape index (κ2) is 21.0. The van der Waals surface area contributed by atoms with E-state index >= 15 is 0 Å². The Morgan fingerprint density at radius 3 is 1.20 bits per heavy atom. The van der Waals surface area contributed by atoms with Crippen LogP contribution >= 0.6 is 22.7 Å². The minimum Gasteiger partial charge on any atom is -0.456 e. The maximum absolute atomic E-state index is 6.40. The van der Waals surface area contributed by atoms with E-state index in [2.05, 4.69) is 322 Å². The van der Waals surface area contributed by atoms with Gasteiger partial charge in [0, 0.05) is 96.4 Å². The molecule has 6 nitrogen and oxygen atoms in total. The summed E-state index contributed by atoms with van der Waals surface area (Å²) in [6.45, 7) is 0. The molecule has 0 aliphatic rings. The van der Waals surface area contributed by atoms with E-state index in [1.165, 1.54) is 84.0 Å². The molecule has 0 N–H and O–H groups in total. The van der Waals surface area contributed by atoms with Gasteiger partial charge in [0.05, 0.1) is 54.6 Å². The Labute approximate surface area is 535 Å². The van der Waals surface area contributed by atoms with Crippen molar-refractivity contribution in [1.29, 1.82) is 0 Å². The molecule has 14 aromatic carbocycles. The zero-order valence-corrected chi connectivity index (χ0v) is 51.1. The van der Waals surface area contributed by atoms with Gasteiger partial charge < -0.3 is 27.8 Å². The predicted octanol–water partition coefficient (Wildman–Crippen LogP) is 25.0. The number of furan rings is 2. The van der Waals surface area contributed by atoms with E-state index in [0.717, 1.165) is 89.4 Å². The van der Waals surface area contributed by atoms with Crippen LogP contribution in [-0.4, -0.2) is 9.13 Å². The van der Waals surface area contributed by atoms with Crippen LogP contribution in [0.1, 0.15) is 0 Å². The highest BCUT2D eigenvalue weighted by molar-refractivity contribution is 7.26. The van der Waals surface area contributed by atoms with Crippen LogP contribution in [-0.2, 0) is 0 Å². The van der Waals surface area contributed by atoms with E-state index in [4.69, 9.17) is 8.83 Å². The molecule has 0 spiro atoms. The number of hydrogen-bond acceptors (Lipinski definition) is 6. The highest BCUT2D eigenvalue weighted by Gasteiger charge is 2.26. The van der Waals surface area contributed by atoms with Crippen molar-refractivity contribution in [2.45, 2.75) is 0 Å². The maximum Gasteiger partial charge on any atom is 0.137 e. The Bertz CT molecular complexity index is 6290. The average Bonchev–Trinajstić information content (AvgIpc) is 1.58. The summed E-state index contributed by atoms with van der Waals surface area (Å²) in [4.78, 5) is 4.85. The van der Waals surface area contributed by atoms with Gasteiger partial charge in [0.2, 0.25) is 0 Å². The van der Waals surface area contributed by atoms with Crippen molar-refractivity contribution in [1.82, 2.24) is 9.13 Å². The molecule has 0 aliphatic carbocycles. The Hall–Kier alpha value is -11.7. The first-order chi connectivity index (χ1) is 45.6. The van der Waals surface area contributed by atoms with Crippen molar-refractivity contribution < 1.29 is 8.83 Å². The monoisotopic (exact) mass is 1210 g/mol. The lowest BCUT2D eigenvalue weighted by Gasteiger charge is -2.27. The van der Waals surface area contributed by atoms with Gasteiger partial charge in [-0.15, -0.1) is 22.7 Å². The van der Waals surface area contributed by atoms with E-state index in [0.29, 0.717) is 0 Å². The molecule has 0 fully saturated rings. The average molecular weight is 1210 g/mol. The largest absolute Gasteiger partial charge is 0.456 e. The van der Waals surface area contributed by atoms with E-state index in [9.17, 15) is 0 Å². The van der Waals surface area contributed by atoms with Crippen LogP contribution in [0.5, 0.6) is 0 Å². The summed E-state index contributed by atoms with van der Waals surface area (Å²) in [6, 6.07) is 113. The summed E-state index contributed by atoms with van der Waals surface area (Å²) in [5.74, 6) is 0. The van der Waals surface area contributed by atoms with Gasteiger partial charge in [-0.05, 0) is 146 Å². The molecule has 0 saturated carbocycles. The predicted molar refractivity (Wildman–Crippen MR) is 391 cm³/mol. The van der Waals surface area contributed by atoms with Crippen LogP contribution in [0.4, 0.5) is 34.1 Å². The van der Waals surface area contributed by atoms with E-state index in [-0.39, 0.29) is 0 Å². The fraction of sp³-hybridized carbons (Fsp3) is 0. The second-order valence-corrected chi connectivity index (χ2v) is 25.6. The summed E-state index contributed by atoms with van der Waals surface area (Å²) in [6.07, 6.45) is 0. The molecule has 20 rings (SSSR count). The van der Waals surface area contributed by atoms with Gasteiger partial charge >= 0.3 is 0 Å². The van der Waals surface area contributed by atoms with E-state index < -0.39 is 0 Å². The molecule has 8 heteroatoms. The number of fused-ring (bicyclic) bond motifs is 18. The van der Waals surface area contributed by atoms with Crippen LogP contribution in [0.2, 0.25) is 0 Å². The molecular formula is C84H52N4O2S2. The van der Waals surface area contributed by atoms with Gasteiger partial charge in [0.1, 0.15) is 22.3 Å². The fourth-order valence-electron chi connectivity index (χ4n) is 14.4. The van der Waals surface area contributed by atoms with Crippen molar-refractivity contribution >= 4 is 185 Å². The Kier molecular flexibility index (Phi) is 11.9. The smallest absolute Gasteiger partial charge is 0.137 e. The number of thiophene rings is 2. The van der Waals surface area contributed by atoms with Crippen LogP contribution in [0, 0.1) is 0 Å². The summed E-state index contributed by atoms with van der Waals surface area (Å²) in [5, 5.41) is 14.5. The molecule has 0 amide bonds. The van der Waals surface area contributed by atoms with Crippen molar-refractivity contribution in [2.24, 2.45) is 0 Å². The van der Waals surface area contributed by atoms with Crippen LogP contribution in [0.3, 0.4) is 0 Å². The van der Waals surface area contributed by atoms with Gasteiger partial charge in [0.15, 0.2) is 0 Å². The topological polar surface area (TPSA) is 42.6 Å². The zero-order valence-electron chi connectivity index (χ0n) is 49.4.